The number of nitrogens with zero attached hydrogens (tertiary/aromatic N) is 1. The second-order valence-electron chi connectivity index (χ2n) is 6.42. The molecule has 1 heterocycles. The first-order chi connectivity index (χ1) is 12.2. The number of nitrogens with one attached hydrogen (secondary N) is 1. The molecule has 1 aliphatic carbocycles. The molecule has 0 spiro atoms. The van der Waals surface area contributed by atoms with Crippen molar-refractivity contribution in [3.8, 4) is 0 Å². The van der Waals surface area contributed by atoms with E-state index >= 15 is 0 Å². The van der Waals surface area contributed by atoms with Crippen molar-refractivity contribution < 1.29 is 26.4 Å². The van der Waals surface area contributed by atoms with Gasteiger partial charge in [0, 0.05) is 6.54 Å². The second kappa shape index (κ2) is 7.03. The first-order valence-electron chi connectivity index (χ1n) is 8.33. The van der Waals surface area contributed by atoms with Gasteiger partial charge in [-0.2, -0.15) is 17.5 Å². The molecular formula is C17H19F3N2O3S. The summed E-state index contributed by atoms with van der Waals surface area (Å²) in [7, 11) is -3.90. The van der Waals surface area contributed by atoms with Gasteiger partial charge in [-0.1, -0.05) is 24.3 Å². The van der Waals surface area contributed by atoms with E-state index in [0.29, 0.717) is 19.3 Å². The molecule has 2 aliphatic rings. The highest BCUT2D eigenvalue weighted by molar-refractivity contribution is 7.93. The molecule has 1 atom stereocenters. The van der Waals surface area contributed by atoms with Gasteiger partial charge >= 0.3 is 6.18 Å². The first-order valence-corrected chi connectivity index (χ1v) is 9.77. The molecule has 0 saturated carbocycles. The van der Waals surface area contributed by atoms with Gasteiger partial charge in [-0.05, 0) is 42.9 Å². The Morgan fingerprint density at radius 1 is 1.23 bits per heavy atom. The molecule has 0 radical (unpaired) electrons. The fourth-order valence-corrected chi connectivity index (χ4v) is 5.20. The van der Waals surface area contributed by atoms with Crippen molar-refractivity contribution in [2.45, 2.75) is 37.9 Å². The number of rotatable bonds is 4. The van der Waals surface area contributed by atoms with Gasteiger partial charge in [0.15, 0.2) is 0 Å². The van der Waals surface area contributed by atoms with Crippen molar-refractivity contribution >= 4 is 22.0 Å². The maximum atomic E-state index is 13.0. The summed E-state index contributed by atoms with van der Waals surface area (Å²) >= 11 is 0. The summed E-state index contributed by atoms with van der Waals surface area (Å²) in [4.78, 5) is 12.3. The van der Waals surface area contributed by atoms with Crippen molar-refractivity contribution in [2.75, 3.05) is 13.1 Å². The van der Waals surface area contributed by atoms with Crippen LogP contribution < -0.4 is 5.32 Å². The molecule has 1 saturated heterocycles. The van der Waals surface area contributed by atoms with E-state index < -0.39 is 34.7 Å². The molecule has 1 amide bonds. The van der Waals surface area contributed by atoms with Crippen LogP contribution in [-0.4, -0.2) is 43.9 Å². The molecule has 0 aromatic heterocycles. The van der Waals surface area contributed by atoms with Gasteiger partial charge in [0.2, 0.25) is 15.9 Å². The van der Waals surface area contributed by atoms with Gasteiger partial charge in [-0.3, -0.25) is 4.79 Å². The van der Waals surface area contributed by atoms with E-state index in [1.54, 1.807) is 11.4 Å². The summed E-state index contributed by atoms with van der Waals surface area (Å²) in [6, 6.07) is 6.35. The number of allylic oxidation sites excluding steroid dienone is 1. The van der Waals surface area contributed by atoms with Crippen LogP contribution in [0, 0.1) is 0 Å². The quantitative estimate of drug-likeness (QED) is 0.862. The molecular weight excluding hydrogens is 369 g/mol. The topological polar surface area (TPSA) is 66.5 Å². The Hall–Kier alpha value is -1.87. The molecule has 1 N–H and O–H groups in total. The van der Waals surface area contributed by atoms with E-state index in [9.17, 15) is 26.4 Å². The molecule has 0 bridgehead atoms. The maximum Gasteiger partial charge on any atom is 0.405 e. The van der Waals surface area contributed by atoms with Gasteiger partial charge < -0.3 is 5.32 Å². The summed E-state index contributed by atoms with van der Waals surface area (Å²) < 4.78 is 63.9. The summed E-state index contributed by atoms with van der Waals surface area (Å²) in [5, 5.41) is 1.80. The Bertz CT molecular complexity index is 834. The van der Waals surface area contributed by atoms with Crippen molar-refractivity contribution in [3.05, 3.63) is 40.3 Å². The molecule has 1 aromatic carbocycles. The van der Waals surface area contributed by atoms with Crippen LogP contribution in [0.2, 0.25) is 0 Å². The van der Waals surface area contributed by atoms with E-state index in [1.165, 1.54) is 0 Å². The molecule has 1 aromatic rings. The highest BCUT2D eigenvalue weighted by Gasteiger charge is 2.41. The normalized spacial score (nSPS) is 21.2. The SMILES string of the molecule is O=C(NCC(F)(F)F)[C@@H]1CCCN1S(=O)(=O)C1=Cc2ccccc2CC1. The third kappa shape index (κ3) is 3.93. The molecule has 26 heavy (non-hydrogen) atoms. The lowest BCUT2D eigenvalue weighted by molar-refractivity contribution is -0.140. The number of alkyl halides is 3. The summed E-state index contributed by atoms with van der Waals surface area (Å²) in [5.74, 6) is -0.903. The van der Waals surface area contributed by atoms with Crippen LogP contribution in [0.4, 0.5) is 13.2 Å². The fourth-order valence-electron chi connectivity index (χ4n) is 3.36. The van der Waals surface area contributed by atoms with Crippen LogP contribution >= 0.6 is 0 Å². The standard InChI is InChI=1S/C17H19F3N2O3S/c18-17(19,20)11-21-16(23)15-6-3-9-22(15)26(24,25)14-8-7-12-4-1-2-5-13(12)10-14/h1-2,4-5,10,15H,3,6-9,11H2,(H,21,23)/t15-/m0/s1. The van der Waals surface area contributed by atoms with Crippen molar-refractivity contribution in [3.63, 3.8) is 0 Å². The zero-order valence-electron chi connectivity index (χ0n) is 13.9. The highest BCUT2D eigenvalue weighted by Crippen LogP contribution is 2.32. The van der Waals surface area contributed by atoms with Gasteiger partial charge in [0.1, 0.15) is 12.6 Å². The van der Waals surface area contributed by atoms with E-state index in [1.807, 2.05) is 24.3 Å². The largest absolute Gasteiger partial charge is 0.405 e. The zero-order chi connectivity index (χ0) is 18.9. The second-order valence-corrected chi connectivity index (χ2v) is 8.36. The Kier molecular flexibility index (Phi) is 5.12. The van der Waals surface area contributed by atoms with Crippen LogP contribution in [0.1, 0.15) is 30.4 Å². The lowest BCUT2D eigenvalue weighted by Crippen LogP contribution is -2.48. The van der Waals surface area contributed by atoms with E-state index in [0.717, 1.165) is 15.4 Å². The number of halogens is 3. The number of carbonyl (C=O) groups excluding carboxylic acids is 1. The van der Waals surface area contributed by atoms with Crippen LogP contribution in [0.3, 0.4) is 0 Å². The number of amides is 1. The monoisotopic (exact) mass is 388 g/mol. The summed E-state index contributed by atoms with van der Waals surface area (Å²) in [6.45, 7) is -1.34. The fraction of sp³-hybridized carbons (Fsp3) is 0.471. The third-order valence-corrected chi connectivity index (χ3v) is 6.66. The molecule has 142 valence electrons. The number of carbonyl (C=O) groups is 1. The Balaban J connectivity index is 1.80. The van der Waals surface area contributed by atoms with Gasteiger partial charge in [0.25, 0.3) is 0 Å². The van der Waals surface area contributed by atoms with Crippen LogP contribution in [0.15, 0.2) is 29.2 Å². The average molecular weight is 388 g/mol. The Morgan fingerprint density at radius 2 is 1.96 bits per heavy atom. The minimum absolute atomic E-state index is 0.130. The van der Waals surface area contributed by atoms with Crippen molar-refractivity contribution in [1.82, 2.24) is 9.62 Å². The average Bonchev–Trinajstić information content (AvgIpc) is 3.09. The minimum atomic E-state index is -4.53. The third-order valence-electron chi connectivity index (χ3n) is 4.62. The van der Waals surface area contributed by atoms with E-state index in [-0.39, 0.29) is 17.9 Å². The van der Waals surface area contributed by atoms with Gasteiger partial charge in [0.05, 0.1) is 4.91 Å². The molecule has 1 fully saturated rings. The number of sulfonamides is 1. The predicted octanol–water partition coefficient (Wildman–Crippen LogP) is 2.45. The molecule has 5 nitrogen and oxygen atoms in total. The predicted molar refractivity (Wildman–Crippen MR) is 90.5 cm³/mol. The summed E-state index contributed by atoms with van der Waals surface area (Å²) in [5.41, 5.74) is 1.86. The zero-order valence-corrected chi connectivity index (χ0v) is 14.7. The number of benzene rings is 1. The van der Waals surface area contributed by atoms with Crippen LogP contribution in [-0.2, 0) is 21.2 Å². The van der Waals surface area contributed by atoms with E-state index in [4.69, 9.17) is 0 Å². The molecule has 1 aliphatic heterocycles. The van der Waals surface area contributed by atoms with Crippen molar-refractivity contribution in [2.24, 2.45) is 0 Å². The number of fused-ring (bicyclic) bond motifs is 1. The number of hydrogen-bond donors (Lipinski definition) is 1. The summed E-state index contributed by atoms with van der Waals surface area (Å²) in [6.07, 6.45) is -1.41. The Labute approximate surface area is 149 Å². The van der Waals surface area contributed by atoms with E-state index in [2.05, 4.69) is 0 Å². The maximum absolute atomic E-state index is 13.0. The first kappa shape index (κ1) is 18.9. The van der Waals surface area contributed by atoms with Crippen molar-refractivity contribution in [1.29, 1.82) is 0 Å². The van der Waals surface area contributed by atoms with Crippen LogP contribution in [0.25, 0.3) is 6.08 Å². The molecule has 9 heteroatoms. The molecule has 3 rings (SSSR count). The van der Waals surface area contributed by atoms with Gasteiger partial charge in [-0.25, -0.2) is 8.42 Å². The Morgan fingerprint density at radius 3 is 2.69 bits per heavy atom. The van der Waals surface area contributed by atoms with Gasteiger partial charge in [-0.15, -0.1) is 0 Å². The highest BCUT2D eigenvalue weighted by atomic mass is 32.2. The number of aryl methyl sites for hydroxylation is 1. The smallest absolute Gasteiger partial charge is 0.346 e. The lowest BCUT2D eigenvalue weighted by Gasteiger charge is -2.26. The molecule has 0 unspecified atom stereocenters. The minimum Gasteiger partial charge on any atom is -0.346 e. The number of hydrogen-bond acceptors (Lipinski definition) is 3. The van der Waals surface area contributed by atoms with Crippen LogP contribution in [0.5, 0.6) is 0 Å². The lowest BCUT2D eigenvalue weighted by atomic mass is 9.98.